The van der Waals surface area contributed by atoms with Crippen molar-refractivity contribution in [1.29, 1.82) is 0 Å². The van der Waals surface area contributed by atoms with Crippen molar-refractivity contribution in [3.8, 4) is 90.0 Å². The fourth-order valence-electron chi connectivity index (χ4n) is 16.7. The summed E-state index contributed by atoms with van der Waals surface area (Å²) in [6, 6.07) is 119. The molecular formula is C92H54N6O. The lowest BCUT2D eigenvalue weighted by Crippen LogP contribution is -1.98. The van der Waals surface area contributed by atoms with Gasteiger partial charge in [0.2, 0.25) is 0 Å². The van der Waals surface area contributed by atoms with Gasteiger partial charge in [-0.15, -0.1) is 0 Å². The zero-order valence-electron chi connectivity index (χ0n) is 53.3. The molecule has 15 aromatic carbocycles. The molecule has 22 rings (SSSR count). The zero-order valence-corrected chi connectivity index (χ0v) is 53.3. The van der Waals surface area contributed by atoms with Crippen LogP contribution in [-0.2, 0) is 0 Å². The number of nitrogens with zero attached hydrogens (tertiary/aromatic N) is 6. The van der Waals surface area contributed by atoms with E-state index in [1.54, 1.807) is 0 Å². The molecule has 0 unspecified atom stereocenters. The second kappa shape index (κ2) is 20.6. The average Bonchev–Trinajstić information content (AvgIpc) is 1.58. The van der Waals surface area contributed by atoms with Crippen LogP contribution in [0.2, 0.25) is 0 Å². The third-order valence-electron chi connectivity index (χ3n) is 21.1. The Bertz CT molecular complexity index is 7020. The number of hydrogen-bond donors (Lipinski definition) is 0. The zero-order chi connectivity index (χ0) is 64.6. The Hall–Kier alpha value is -13.4. The Morgan fingerprint density at radius 2 is 0.586 bits per heavy atom. The molecule has 0 amide bonds. The van der Waals surface area contributed by atoms with Crippen molar-refractivity contribution in [3.63, 3.8) is 0 Å². The van der Waals surface area contributed by atoms with Crippen LogP contribution in [0.15, 0.2) is 332 Å². The second-order valence-corrected chi connectivity index (χ2v) is 26.4. The maximum Gasteiger partial charge on any atom is 0.160 e. The largest absolute Gasteiger partial charge is 0.456 e. The molecule has 7 nitrogen and oxygen atoms in total. The van der Waals surface area contributed by atoms with Gasteiger partial charge in [-0.3, -0.25) is 0 Å². The van der Waals surface area contributed by atoms with Crippen LogP contribution in [0.4, 0.5) is 0 Å². The summed E-state index contributed by atoms with van der Waals surface area (Å²) in [5.74, 6) is 0.642. The van der Waals surface area contributed by atoms with E-state index in [2.05, 4.69) is 346 Å². The third kappa shape index (κ3) is 7.89. The Balaban J connectivity index is 0.625. The van der Waals surface area contributed by atoms with E-state index in [1.165, 1.54) is 98.2 Å². The van der Waals surface area contributed by atoms with Crippen LogP contribution in [0, 0.1) is 0 Å². The Morgan fingerprint density at radius 3 is 1.07 bits per heavy atom. The van der Waals surface area contributed by atoms with Gasteiger partial charge in [0.05, 0.1) is 55.5 Å². The number of rotatable bonds is 8. The van der Waals surface area contributed by atoms with Crippen LogP contribution in [0.3, 0.4) is 0 Å². The van der Waals surface area contributed by atoms with Gasteiger partial charge in [0.25, 0.3) is 0 Å². The van der Waals surface area contributed by atoms with Crippen molar-refractivity contribution in [2.75, 3.05) is 0 Å². The van der Waals surface area contributed by atoms with Crippen molar-refractivity contribution >= 4 is 120 Å². The number of benzene rings is 15. The molecule has 0 fully saturated rings. The van der Waals surface area contributed by atoms with Crippen LogP contribution in [0.1, 0.15) is 0 Å². The molecule has 21 aromatic rings. The highest BCUT2D eigenvalue weighted by atomic mass is 16.3. The highest BCUT2D eigenvalue weighted by Gasteiger charge is 2.29. The van der Waals surface area contributed by atoms with E-state index < -0.39 is 0 Å². The minimum atomic E-state index is 0.642. The lowest BCUT2D eigenvalue weighted by molar-refractivity contribution is 0.668. The first-order chi connectivity index (χ1) is 49.1. The number of fused-ring (bicyclic) bond motifs is 18. The SMILES string of the molecule is c1ccc(-n2c3ccccc3c3cc(-c4ccc5c(c4)c4ccccc4n5-c4ccc(-c5nc(-c6ccc7c(c6)oc6cc(-n8c9ccccc9c9cc(-c%10ccc%11c(c%10)c%10ccccc%10n%11-c%10ccccc%10)ccc98)ccc67)nc6c5-c5cccc7cccc-6c57)cc4)ccc32)cc1. The molecule has 1 aliphatic carbocycles. The Morgan fingerprint density at radius 1 is 0.222 bits per heavy atom. The number of furan rings is 1. The topological polar surface area (TPSA) is 58.6 Å². The standard InChI is InChI=1S/C92H54N6O/c1-3-19-62(20-4-1)95-78-29-11-7-23-66(78)74-49-57(36-45-82(74)95)59-38-47-84-76(51-59)68-25-9-13-31-80(68)97(84)64-40-33-56(34-41-64)90-89-72-27-15-17-55-18-16-28-73(88(55)72)91(89)94-92(93-90)61-35-43-70-71-44-42-65(54-87(71)99-86(70)53-61)98-81-32-14-10-26-69(81)77-52-60(39-48-85(77)98)58-37-46-83-75(50-58)67-24-8-12-30-79(67)96(83)63-21-5-2-6-22-63/h1-54H. The van der Waals surface area contributed by atoms with Crippen molar-refractivity contribution in [2.45, 2.75) is 0 Å². The molecule has 458 valence electrons. The molecule has 0 bridgehead atoms. The first-order valence-electron chi connectivity index (χ1n) is 33.9. The van der Waals surface area contributed by atoms with E-state index in [9.17, 15) is 0 Å². The van der Waals surface area contributed by atoms with Gasteiger partial charge in [0, 0.05) is 105 Å². The van der Waals surface area contributed by atoms with Gasteiger partial charge in [0.1, 0.15) is 11.2 Å². The normalized spacial score (nSPS) is 12.2. The van der Waals surface area contributed by atoms with Crippen LogP contribution >= 0.6 is 0 Å². The number of para-hydroxylation sites is 6. The molecule has 0 saturated heterocycles. The summed E-state index contributed by atoms with van der Waals surface area (Å²) in [5.41, 5.74) is 27.1. The molecule has 1 aliphatic rings. The summed E-state index contributed by atoms with van der Waals surface area (Å²) in [7, 11) is 0. The summed E-state index contributed by atoms with van der Waals surface area (Å²) in [4.78, 5) is 11.1. The summed E-state index contributed by atoms with van der Waals surface area (Å²) in [6.45, 7) is 0. The minimum Gasteiger partial charge on any atom is -0.456 e. The van der Waals surface area contributed by atoms with Crippen molar-refractivity contribution in [3.05, 3.63) is 328 Å². The molecule has 99 heavy (non-hydrogen) atoms. The predicted octanol–water partition coefficient (Wildman–Crippen LogP) is 24.2. The highest BCUT2D eigenvalue weighted by molar-refractivity contribution is 6.19. The van der Waals surface area contributed by atoms with E-state index in [1.807, 2.05) is 0 Å². The fourth-order valence-corrected chi connectivity index (χ4v) is 16.7. The lowest BCUT2D eigenvalue weighted by atomic mass is 9.99. The van der Waals surface area contributed by atoms with Gasteiger partial charge in [-0.1, -0.05) is 188 Å². The average molecular weight is 1260 g/mol. The lowest BCUT2D eigenvalue weighted by Gasteiger charge is -2.14. The van der Waals surface area contributed by atoms with Gasteiger partial charge in [-0.2, -0.15) is 0 Å². The predicted molar refractivity (Wildman–Crippen MR) is 410 cm³/mol. The van der Waals surface area contributed by atoms with Crippen LogP contribution in [0.5, 0.6) is 0 Å². The Labute approximate surface area is 566 Å². The summed E-state index contributed by atoms with van der Waals surface area (Å²) < 4.78 is 16.5. The maximum atomic E-state index is 6.96. The van der Waals surface area contributed by atoms with E-state index in [0.29, 0.717) is 5.82 Å². The van der Waals surface area contributed by atoms with Gasteiger partial charge in [-0.05, 0) is 172 Å². The van der Waals surface area contributed by atoms with Crippen LogP contribution in [-0.4, -0.2) is 28.2 Å². The Kier molecular flexibility index (Phi) is 11.2. The molecule has 0 spiro atoms. The molecular weight excluding hydrogens is 1210 g/mol. The number of hydrogen-bond acceptors (Lipinski definition) is 3. The molecule has 7 heteroatoms. The van der Waals surface area contributed by atoms with E-state index in [-0.39, 0.29) is 0 Å². The smallest absolute Gasteiger partial charge is 0.160 e. The van der Waals surface area contributed by atoms with Gasteiger partial charge in [0.15, 0.2) is 5.82 Å². The maximum absolute atomic E-state index is 6.96. The molecule has 0 N–H and O–H groups in total. The first kappa shape index (κ1) is 53.9. The van der Waals surface area contributed by atoms with E-state index in [0.717, 1.165) is 106 Å². The quantitative estimate of drug-likeness (QED) is 0.152. The summed E-state index contributed by atoms with van der Waals surface area (Å²) >= 11 is 0. The van der Waals surface area contributed by atoms with Crippen molar-refractivity contribution in [1.82, 2.24) is 28.2 Å². The van der Waals surface area contributed by atoms with E-state index in [4.69, 9.17) is 14.4 Å². The molecule has 6 aromatic heterocycles. The van der Waals surface area contributed by atoms with Gasteiger partial charge in [-0.25, -0.2) is 9.97 Å². The molecule has 0 radical (unpaired) electrons. The number of aromatic nitrogens is 6. The monoisotopic (exact) mass is 1260 g/mol. The molecule has 0 atom stereocenters. The minimum absolute atomic E-state index is 0.642. The first-order valence-corrected chi connectivity index (χ1v) is 33.9. The fraction of sp³-hybridized carbons (Fsp3) is 0. The van der Waals surface area contributed by atoms with Crippen molar-refractivity contribution in [2.24, 2.45) is 0 Å². The van der Waals surface area contributed by atoms with Crippen LogP contribution in [0.25, 0.3) is 210 Å². The molecule has 6 heterocycles. The molecule has 0 saturated carbocycles. The summed E-state index contributed by atoms with van der Waals surface area (Å²) in [6.07, 6.45) is 0. The second-order valence-electron chi connectivity index (χ2n) is 26.4. The van der Waals surface area contributed by atoms with E-state index >= 15 is 0 Å². The highest BCUT2D eigenvalue weighted by Crippen LogP contribution is 2.51. The van der Waals surface area contributed by atoms with Gasteiger partial charge < -0.3 is 22.7 Å². The van der Waals surface area contributed by atoms with Crippen LogP contribution < -0.4 is 0 Å². The molecule has 0 aliphatic heterocycles. The van der Waals surface area contributed by atoms with Crippen molar-refractivity contribution < 1.29 is 4.42 Å². The third-order valence-corrected chi connectivity index (χ3v) is 21.1. The van der Waals surface area contributed by atoms with Gasteiger partial charge >= 0.3 is 0 Å². The summed E-state index contributed by atoms with van der Waals surface area (Å²) in [5, 5.41) is 14.2.